The highest BCUT2D eigenvalue weighted by Gasteiger charge is 2.20. The molecule has 2 amide bonds. The zero-order valence-corrected chi connectivity index (χ0v) is 13.4. The van der Waals surface area contributed by atoms with Crippen molar-refractivity contribution in [3.63, 3.8) is 0 Å². The van der Waals surface area contributed by atoms with Gasteiger partial charge in [0.05, 0.1) is 0 Å². The largest absolute Gasteiger partial charge is 0.480 e. The average Bonchev–Trinajstić information content (AvgIpc) is 2.48. The van der Waals surface area contributed by atoms with Crippen LogP contribution < -0.4 is 10.6 Å². The van der Waals surface area contributed by atoms with Crippen molar-refractivity contribution in [1.29, 1.82) is 0 Å². The number of carboxylic acid groups (broad SMARTS) is 1. The number of hydrogen-bond acceptors (Lipinski definition) is 2. The second kappa shape index (κ2) is 7.85. The van der Waals surface area contributed by atoms with Gasteiger partial charge in [0, 0.05) is 22.2 Å². The highest BCUT2D eigenvalue weighted by molar-refractivity contribution is 6.31. The molecule has 0 aliphatic rings. The Kier molecular flexibility index (Phi) is 5.84. The summed E-state index contributed by atoms with van der Waals surface area (Å²) in [6.45, 7) is 0. The highest BCUT2D eigenvalue weighted by Crippen LogP contribution is 2.15. The minimum absolute atomic E-state index is 0.148. The summed E-state index contributed by atoms with van der Waals surface area (Å²) < 4.78 is 0. The third-order valence-electron chi connectivity index (χ3n) is 3.04. The monoisotopic (exact) mass is 352 g/mol. The standard InChI is InChI=1S/C16H14Cl2N2O3/c17-11-6-4-10(5-7-11)8-14(15(21)22)20-16(23)19-13-3-1-2-12(18)9-13/h1-7,9,14H,8H2,(H,21,22)(H2,19,20,23)/t14-/m0/s1. The van der Waals surface area contributed by atoms with Crippen LogP contribution in [0.1, 0.15) is 5.56 Å². The Bertz CT molecular complexity index is 705. The summed E-state index contributed by atoms with van der Waals surface area (Å²) in [7, 11) is 0. The molecule has 2 aromatic carbocycles. The van der Waals surface area contributed by atoms with Crippen LogP contribution in [0.15, 0.2) is 48.5 Å². The molecule has 2 aromatic rings. The molecule has 3 N–H and O–H groups in total. The van der Waals surface area contributed by atoms with Gasteiger partial charge < -0.3 is 15.7 Å². The Morgan fingerprint density at radius 3 is 2.35 bits per heavy atom. The van der Waals surface area contributed by atoms with Crippen LogP contribution in [0.4, 0.5) is 10.5 Å². The number of carbonyl (C=O) groups is 2. The van der Waals surface area contributed by atoms with Gasteiger partial charge in [-0.15, -0.1) is 0 Å². The first kappa shape index (κ1) is 17.1. The zero-order chi connectivity index (χ0) is 16.8. The van der Waals surface area contributed by atoms with Crippen molar-refractivity contribution in [3.8, 4) is 0 Å². The van der Waals surface area contributed by atoms with Crippen molar-refractivity contribution in [2.24, 2.45) is 0 Å². The second-order valence-electron chi connectivity index (χ2n) is 4.83. The number of carbonyl (C=O) groups excluding carboxylic acids is 1. The number of amides is 2. The van der Waals surface area contributed by atoms with E-state index in [1.807, 2.05) is 0 Å². The number of nitrogens with one attached hydrogen (secondary N) is 2. The summed E-state index contributed by atoms with van der Waals surface area (Å²) >= 11 is 11.6. The Labute approximate surface area is 143 Å². The van der Waals surface area contributed by atoms with E-state index in [1.165, 1.54) is 0 Å². The van der Waals surface area contributed by atoms with Crippen molar-refractivity contribution in [3.05, 3.63) is 64.1 Å². The van der Waals surface area contributed by atoms with E-state index >= 15 is 0 Å². The number of rotatable bonds is 5. The normalized spacial score (nSPS) is 11.6. The molecule has 120 valence electrons. The summed E-state index contributed by atoms with van der Waals surface area (Å²) in [4.78, 5) is 23.3. The van der Waals surface area contributed by atoms with E-state index < -0.39 is 18.0 Å². The number of anilines is 1. The average molecular weight is 353 g/mol. The zero-order valence-electron chi connectivity index (χ0n) is 11.9. The molecule has 0 aliphatic heterocycles. The quantitative estimate of drug-likeness (QED) is 0.765. The molecule has 0 unspecified atom stereocenters. The Hall–Kier alpha value is -2.24. The molecule has 5 nitrogen and oxygen atoms in total. The van der Waals surface area contributed by atoms with Gasteiger partial charge in [-0.25, -0.2) is 9.59 Å². The van der Waals surface area contributed by atoms with Gasteiger partial charge in [-0.05, 0) is 35.9 Å². The van der Waals surface area contributed by atoms with E-state index in [9.17, 15) is 14.7 Å². The van der Waals surface area contributed by atoms with Crippen molar-refractivity contribution in [1.82, 2.24) is 5.32 Å². The lowest BCUT2D eigenvalue weighted by molar-refractivity contribution is -0.139. The predicted octanol–water partition coefficient (Wildman–Crippen LogP) is 3.81. The maximum atomic E-state index is 11.9. The molecular weight excluding hydrogens is 339 g/mol. The number of aliphatic carboxylic acids is 1. The molecule has 0 saturated heterocycles. The third kappa shape index (κ3) is 5.47. The minimum Gasteiger partial charge on any atom is -0.480 e. The fourth-order valence-corrected chi connectivity index (χ4v) is 2.26. The van der Waals surface area contributed by atoms with Crippen LogP contribution in [-0.4, -0.2) is 23.1 Å². The molecule has 0 saturated carbocycles. The summed E-state index contributed by atoms with van der Waals surface area (Å²) in [5, 5.41) is 15.3. The molecule has 0 bridgehead atoms. The number of urea groups is 1. The molecule has 1 atom stereocenters. The summed E-state index contributed by atoms with van der Waals surface area (Å²) in [5.74, 6) is -1.12. The SMILES string of the molecule is O=C(Nc1cccc(Cl)c1)N[C@@H](Cc1ccc(Cl)cc1)C(=O)O. The minimum atomic E-state index is -1.12. The Morgan fingerprint density at radius 1 is 1.04 bits per heavy atom. The van der Waals surface area contributed by atoms with Gasteiger partial charge in [-0.1, -0.05) is 41.4 Å². The van der Waals surface area contributed by atoms with Crippen molar-refractivity contribution in [2.45, 2.75) is 12.5 Å². The van der Waals surface area contributed by atoms with Gasteiger partial charge in [0.15, 0.2) is 0 Å². The van der Waals surface area contributed by atoms with Gasteiger partial charge >= 0.3 is 12.0 Å². The number of halogens is 2. The van der Waals surface area contributed by atoms with Gasteiger partial charge in [0.2, 0.25) is 0 Å². The number of hydrogen-bond donors (Lipinski definition) is 3. The molecule has 0 radical (unpaired) electrons. The molecule has 2 rings (SSSR count). The van der Waals surface area contributed by atoms with Crippen molar-refractivity contribution in [2.75, 3.05) is 5.32 Å². The first-order chi connectivity index (χ1) is 10.9. The van der Waals surface area contributed by atoms with Crippen LogP contribution in [-0.2, 0) is 11.2 Å². The fourth-order valence-electron chi connectivity index (χ4n) is 1.95. The molecule has 0 aromatic heterocycles. The number of benzene rings is 2. The maximum Gasteiger partial charge on any atom is 0.326 e. The summed E-state index contributed by atoms with van der Waals surface area (Å²) in [5.41, 5.74) is 1.23. The number of carboxylic acids is 1. The third-order valence-corrected chi connectivity index (χ3v) is 3.53. The van der Waals surface area contributed by atoms with Crippen LogP contribution in [0.2, 0.25) is 10.0 Å². The van der Waals surface area contributed by atoms with Crippen molar-refractivity contribution >= 4 is 40.9 Å². The Balaban J connectivity index is 1.99. The van der Waals surface area contributed by atoms with Gasteiger partial charge in [-0.3, -0.25) is 0 Å². The van der Waals surface area contributed by atoms with Gasteiger partial charge in [0.25, 0.3) is 0 Å². The first-order valence-corrected chi connectivity index (χ1v) is 7.50. The van der Waals surface area contributed by atoms with E-state index in [2.05, 4.69) is 10.6 Å². The highest BCUT2D eigenvalue weighted by atomic mass is 35.5. The van der Waals surface area contributed by atoms with Crippen LogP contribution in [0.5, 0.6) is 0 Å². The Morgan fingerprint density at radius 2 is 1.74 bits per heavy atom. The van der Waals surface area contributed by atoms with E-state index in [4.69, 9.17) is 23.2 Å². The maximum absolute atomic E-state index is 11.9. The molecule has 0 fully saturated rings. The molecular formula is C16H14Cl2N2O3. The van der Waals surface area contributed by atoms with E-state index in [0.717, 1.165) is 5.56 Å². The predicted molar refractivity (Wildman–Crippen MR) is 90.2 cm³/mol. The lowest BCUT2D eigenvalue weighted by Gasteiger charge is -2.15. The van der Waals surface area contributed by atoms with Gasteiger partial charge in [-0.2, -0.15) is 0 Å². The van der Waals surface area contributed by atoms with Crippen LogP contribution in [0, 0.1) is 0 Å². The van der Waals surface area contributed by atoms with E-state index in [0.29, 0.717) is 15.7 Å². The van der Waals surface area contributed by atoms with Crippen molar-refractivity contribution < 1.29 is 14.7 Å². The topological polar surface area (TPSA) is 78.4 Å². The van der Waals surface area contributed by atoms with Crippen LogP contribution in [0.25, 0.3) is 0 Å². The van der Waals surface area contributed by atoms with Crippen LogP contribution in [0.3, 0.4) is 0 Å². The second-order valence-corrected chi connectivity index (χ2v) is 5.70. The fraction of sp³-hybridized carbons (Fsp3) is 0.125. The van der Waals surface area contributed by atoms with Gasteiger partial charge in [0.1, 0.15) is 6.04 Å². The summed E-state index contributed by atoms with van der Waals surface area (Å²) in [6, 6.07) is 11.7. The lowest BCUT2D eigenvalue weighted by Crippen LogP contribution is -2.44. The summed E-state index contributed by atoms with van der Waals surface area (Å²) in [6.07, 6.45) is 0.148. The van der Waals surface area contributed by atoms with E-state index in [1.54, 1.807) is 48.5 Å². The van der Waals surface area contributed by atoms with Crippen LogP contribution >= 0.6 is 23.2 Å². The molecule has 23 heavy (non-hydrogen) atoms. The molecule has 0 spiro atoms. The lowest BCUT2D eigenvalue weighted by atomic mass is 10.1. The smallest absolute Gasteiger partial charge is 0.326 e. The molecule has 0 heterocycles. The molecule has 7 heteroatoms. The molecule has 0 aliphatic carbocycles. The van der Waals surface area contributed by atoms with E-state index in [-0.39, 0.29) is 6.42 Å². The first-order valence-electron chi connectivity index (χ1n) is 6.74.